The normalized spacial score (nSPS) is 13.0. The molecule has 0 fully saturated rings. The lowest BCUT2D eigenvalue weighted by atomic mass is 10.0. The molecule has 0 heterocycles. The quantitative estimate of drug-likeness (QED) is 0.870. The first-order chi connectivity index (χ1) is 9.90. The van der Waals surface area contributed by atoms with Crippen molar-refractivity contribution < 1.29 is 18.3 Å². The van der Waals surface area contributed by atoms with Crippen molar-refractivity contribution in [1.29, 1.82) is 0 Å². The van der Waals surface area contributed by atoms with Crippen LogP contribution in [0.15, 0.2) is 48.5 Å². The van der Waals surface area contributed by atoms with E-state index in [1.165, 1.54) is 12.1 Å². The van der Waals surface area contributed by atoms with Crippen LogP contribution in [0, 0.1) is 0 Å². The molecule has 0 spiro atoms. The fourth-order valence-corrected chi connectivity index (χ4v) is 2.11. The van der Waals surface area contributed by atoms with Gasteiger partial charge in [-0.2, -0.15) is 13.2 Å². The molecule has 2 nitrogen and oxygen atoms in total. The Morgan fingerprint density at radius 3 is 2.29 bits per heavy atom. The summed E-state index contributed by atoms with van der Waals surface area (Å²) in [6.45, 7) is -0.252. The van der Waals surface area contributed by atoms with Crippen LogP contribution in [0.4, 0.5) is 18.9 Å². The molecule has 2 rings (SSSR count). The monoisotopic (exact) mass is 315 g/mol. The minimum atomic E-state index is -4.37. The number of nitrogens with one attached hydrogen (secondary N) is 1. The van der Waals surface area contributed by atoms with Gasteiger partial charge in [0.2, 0.25) is 0 Å². The van der Waals surface area contributed by atoms with Crippen LogP contribution in [0.2, 0.25) is 5.02 Å². The molecule has 1 atom stereocenters. The Morgan fingerprint density at radius 1 is 1.10 bits per heavy atom. The summed E-state index contributed by atoms with van der Waals surface area (Å²) in [6, 6.07) is 11.1. The number of hydrogen-bond acceptors (Lipinski definition) is 2. The predicted molar refractivity (Wildman–Crippen MR) is 76.3 cm³/mol. The second-order valence-electron chi connectivity index (χ2n) is 4.51. The van der Waals surface area contributed by atoms with Gasteiger partial charge >= 0.3 is 6.18 Å². The average Bonchev–Trinajstić information content (AvgIpc) is 2.44. The Morgan fingerprint density at radius 2 is 1.76 bits per heavy atom. The summed E-state index contributed by atoms with van der Waals surface area (Å²) in [5.41, 5.74) is 0.526. The summed E-state index contributed by atoms with van der Waals surface area (Å²) in [6.07, 6.45) is -4.37. The van der Waals surface area contributed by atoms with Crippen LogP contribution < -0.4 is 5.32 Å². The van der Waals surface area contributed by atoms with Crippen LogP contribution in [-0.4, -0.2) is 11.7 Å². The largest absolute Gasteiger partial charge is 0.416 e. The van der Waals surface area contributed by atoms with E-state index in [1.54, 1.807) is 24.3 Å². The minimum Gasteiger partial charge on any atom is -0.394 e. The number of rotatable bonds is 4. The number of aliphatic hydroxyl groups is 1. The standard InChI is InChI=1S/C15H13ClF3NO/c16-12-2-1-3-13(8-12)20-14(9-21)10-4-6-11(7-5-10)15(17,18)19/h1-8,14,20-21H,9H2. The average molecular weight is 316 g/mol. The zero-order chi connectivity index (χ0) is 15.5. The molecule has 0 bridgehead atoms. The second kappa shape index (κ2) is 6.37. The third kappa shape index (κ3) is 4.12. The fourth-order valence-electron chi connectivity index (χ4n) is 1.92. The van der Waals surface area contributed by atoms with E-state index in [1.807, 2.05) is 0 Å². The van der Waals surface area contributed by atoms with E-state index < -0.39 is 17.8 Å². The molecule has 112 valence electrons. The zero-order valence-electron chi connectivity index (χ0n) is 10.9. The van der Waals surface area contributed by atoms with E-state index in [-0.39, 0.29) is 6.61 Å². The molecule has 21 heavy (non-hydrogen) atoms. The number of aliphatic hydroxyl groups excluding tert-OH is 1. The molecule has 0 aliphatic heterocycles. The molecular formula is C15H13ClF3NO. The smallest absolute Gasteiger partial charge is 0.394 e. The van der Waals surface area contributed by atoms with Crippen molar-refractivity contribution in [3.63, 3.8) is 0 Å². The third-order valence-electron chi connectivity index (χ3n) is 2.99. The molecule has 2 N–H and O–H groups in total. The first kappa shape index (κ1) is 15.7. The van der Waals surface area contributed by atoms with Gasteiger partial charge in [0.15, 0.2) is 0 Å². The van der Waals surface area contributed by atoms with Crippen molar-refractivity contribution in [1.82, 2.24) is 0 Å². The Kier molecular flexibility index (Phi) is 4.75. The lowest BCUT2D eigenvalue weighted by Gasteiger charge is -2.19. The Labute approximate surface area is 125 Å². The lowest BCUT2D eigenvalue weighted by Crippen LogP contribution is -2.15. The molecule has 0 amide bonds. The summed E-state index contributed by atoms with van der Waals surface area (Å²) in [7, 11) is 0. The molecular weight excluding hydrogens is 303 g/mol. The molecule has 1 unspecified atom stereocenters. The van der Waals surface area contributed by atoms with Crippen LogP contribution in [-0.2, 0) is 6.18 Å². The second-order valence-corrected chi connectivity index (χ2v) is 4.95. The van der Waals surface area contributed by atoms with Crippen LogP contribution >= 0.6 is 11.6 Å². The van der Waals surface area contributed by atoms with Gasteiger partial charge in [0.25, 0.3) is 0 Å². The maximum absolute atomic E-state index is 12.5. The van der Waals surface area contributed by atoms with E-state index >= 15 is 0 Å². The van der Waals surface area contributed by atoms with Crippen LogP contribution in [0.25, 0.3) is 0 Å². The van der Waals surface area contributed by atoms with Gasteiger partial charge in [0.1, 0.15) is 0 Å². The van der Waals surface area contributed by atoms with Crippen molar-refractivity contribution in [2.75, 3.05) is 11.9 Å². The zero-order valence-corrected chi connectivity index (χ0v) is 11.6. The highest BCUT2D eigenvalue weighted by atomic mass is 35.5. The molecule has 0 saturated carbocycles. The number of benzene rings is 2. The van der Waals surface area contributed by atoms with Crippen LogP contribution in [0.5, 0.6) is 0 Å². The van der Waals surface area contributed by atoms with Gasteiger partial charge in [-0.3, -0.25) is 0 Å². The fraction of sp³-hybridized carbons (Fsp3) is 0.200. The Bertz CT molecular complexity index is 599. The van der Waals surface area contributed by atoms with E-state index in [0.29, 0.717) is 16.3 Å². The van der Waals surface area contributed by atoms with Gasteiger partial charge in [-0.05, 0) is 35.9 Å². The Hall–Kier alpha value is -1.72. The summed E-state index contributed by atoms with van der Waals surface area (Å²) < 4.78 is 37.5. The van der Waals surface area contributed by atoms with Gasteiger partial charge in [-0.25, -0.2) is 0 Å². The maximum Gasteiger partial charge on any atom is 0.416 e. The van der Waals surface area contributed by atoms with Crippen molar-refractivity contribution in [3.05, 3.63) is 64.7 Å². The molecule has 2 aromatic rings. The van der Waals surface area contributed by atoms with Gasteiger partial charge < -0.3 is 10.4 Å². The van der Waals surface area contributed by atoms with Gasteiger partial charge in [0.05, 0.1) is 18.2 Å². The SMILES string of the molecule is OCC(Nc1cccc(Cl)c1)c1ccc(C(F)(F)F)cc1. The van der Waals surface area contributed by atoms with Crippen molar-refractivity contribution in [3.8, 4) is 0 Å². The van der Waals surface area contributed by atoms with Crippen LogP contribution in [0.1, 0.15) is 17.2 Å². The van der Waals surface area contributed by atoms with Crippen molar-refractivity contribution >= 4 is 17.3 Å². The van der Waals surface area contributed by atoms with Crippen LogP contribution in [0.3, 0.4) is 0 Å². The van der Waals surface area contributed by atoms with Gasteiger partial charge in [-0.1, -0.05) is 29.8 Å². The minimum absolute atomic E-state index is 0.252. The highest BCUT2D eigenvalue weighted by Crippen LogP contribution is 2.30. The number of anilines is 1. The molecule has 2 aromatic carbocycles. The van der Waals surface area contributed by atoms with Gasteiger partial charge in [-0.15, -0.1) is 0 Å². The summed E-state index contributed by atoms with van der Waals surface area (Å²) in [5, 5.41) is 13.0. The summed E-state index contributed by atoms with van der Waals surface area (Å²) in [4.78, 5) is 0. The first-order valence-electron chi connectivity index (χ1n) is 6.20. The van der Waals surface area contributed by atoms with Crippen molar-refractivity contribution in [2.45, 2.75) is 12.2 Å². The molecule has 0 aromatic heterocycles. The topological polar surface area (TPSA) is 32.3 Å². The predicted octanol–water partition coefficient (Wildman–Crippen LogP) is 4.50. The highest BCUT2D eigenvalue weighted by molar-refractivity contribution is 6.30. The van der Waals surface area contributed by atoms with E-state index in [2.05, 4.69) is 5.32 Å². The molecule has 0 saturated heterocycles. The Balaban J connectivity index is 2.18. The van der Waals surface area contributed by atoms with E-state index in [0.717, 1.165) is 12.1 Å². The number of halogens is 4. The molecule has 0 aliphatic carbocycles. The molecule has 0 aliphatic rings. The van der Waals surface area contributed by atoms with Crippen molar-refractivity contribution in [2.24, 2.45) is 0 Å². The first-order valence-corrected chi connectivity index (χ1v) is 6.58. The van der Waals surface area contributed by atoms with E-state index in [4.69, 9.17) is 11.6 Å². The van der Waals surface area contributed by atoms with E-state index in [9.17, 15) is 18.3 Å². The number of alkyl halides is 3. The highest BCUT2D eigenvalue weighted by Gasteiger charge is 2.30. The number of hydrogen-bond donors (Lipinski definition) is 2. The summed E-state index contributed by atoms with van der Waals surface area (Å²) in [5.74, 6) is 0. The molecule has 6 heteroatoms. The summed E-state index contributed by atoms with van der Waals surface area (Å²) >= 11 is 5.86. The third-order valence-corrected chi connectivity index (χ3v) is 3.22. The maximum atomic E-state index is 12.5. The van der Waals surface area contributed by atoms with Gasteiger partial charge in [0, 0.05) is 10.7 Å². The lowest BCUT2D eigenvalue weighted by molar-refractivity contribution is -0.137. The molecule has 0 radical (unpaired) electrons.